The van der Waals surface area contributed by atoms with Crippen molar-refractivity contribution in [1.29, 1.82) is 0 Å². The van der Waals surface area contributed by atoms with Gasteiger partial charge in [-0.15, -0.1) is 10.2 Å². The number of halogens is 1. The summed E-state index contributed by atoms with van der Waals surface area (Å²) in [4.78, 5) is 27.1. The van der Waals surface area contributed by atoms with Crippen molar-refractivity contribution in [3.8, 4) is 0 Å². The van der Waals surface area contributed by atoms with Crippen LogP contribution in [-0.2, 0) is 6.54 Å². The van der Waals surface area contributed by atoms with Gasteiger partial charge in [0.15, 0.2) is 0 Å². The number of carbonyl (C=O) groups excluding carboxylic acids is 1. The number of anilines is 2. The molecule has 0 bridgehead atoms. The van der Waals surface area contributed by atoms with Crippen LogP contribution in [0, 0.1) is 15.9 Å². The summed E-state index contributed by atoms with van der Waals surface area (Å²) in [6, 6.07) is 12.1. The number of aromatic nitrogens is 2. The van der Waals surface area contributed by atoms with Gasteiger partial charge in [-0.2, -0.15) is 0 Å². The van der Waals surface area contributed by atoms with Crippen molar-refractivity contribution < 1.29 is 14.1 Å². The highest BCUT2D eigenvalue weighted by atomic mass is 32.1. The number of nitro groups is 1. The standard InChI is InChI=1S/C20H19FN6O3S/c21-14-1-3-15(4-2-14)22-19(28)20-24-23-18(31-20)13-25-9-11-26(12-10-25)16-5-7-17(8-6-16)27(29)30/h1-8H,9-13H2,(H,22,28). The van der Waals surface area contributed by atoms with Gasteiger partial charge in [0.2, 0.25) is 5.01 Å². The second kappa shape index (κ2) is 9.14. The summed E-state index contributed by atoms with van der Waals surface area (Å²) in [5.41, 5.74) is 1.53. The molecule has 3 aromatic rings. The molecule has 0 spiro atoms. The van der Waals surface area contributed by atoms with E-state index < -0.39 is 4.92 Å². The molecule has 0 saturated carbocycles. The van der Waals surface area contributed by atoms with Crippen LogP contribution in [0.25, 0.3) is 0 Å². The second-order valence-electron chi connectivity index (χ2n) is 7.00. The van der Waals surface area contributed by atoms with Gasteiger partial charge in [-0.25, -0.2) is 4.39 Å². The topological polar surface area (TPSA) is 104 Å². The van der Waals surface area contributed by atoms with Gasteiger partial charge in [0, 0.05) is 49.7 Å². The lowest BCUT2D eigenvalue weighted by Crippen LogP contribution is -2.45. The Labute approximate surface area is 181 Å². The fraction of sp³-hybridized carbons (Fsp3) is 0.250. The molecule has 11 heteroatoms. The van der Waals surface area contributed by atoms with E-state index in [4.69, 9.17) is 0 Å². The molecule has 160 valence electrons. The van der Waals surface area contributed by atoms with E-state index in [1.807, 2.05) is 0 Å². The number of nitro benzene ring substituents is 1. The van der Waals surface area contributed by atoms with Crippen molar-refractivity contribution in [3.05, 3.63) is 74.5 Å². The number of benzene rings is 2. The predicted molar refractivity (Wildman–Crippen MR) is 115 cm³/mol. The van der Waals surface area contributed by atoms with Gasteiger partial charge in [0.1, 0.15) is 10.8 Å². The molecule has 1 saturated heterocycles. The Hall–Kier alpha value is -3.44. The number of non-ortho nitro benzene ring substituents is 1. The molecule has 0 atom stereocenters. The molecule has 0 unspecified atom stereocenters. The Bertz CT molecular complexity index is 1070. The van der Waals surface area contributed by atoms with E-state index in [-0.39, 0.29) is 22.4 Å². The van der Waals surface area contributed by atoms with E-state index in [2.05, 4.69) is 25.3 Å². The zero-order chi connectivity index (χ0) is 21.8. The number of nitrogens with zero attached hydrogens (tertiary/aromatic N) is 5. The first-order valence-electron chi connectivity index (χ1n) is 9.59. The molecular weight excluding hydrogens is 423 g/mol. The monoisotopic (exact) mass is 442 g/mol. The molecule has 1 amide bonds. The Morgan fingerprint density at radius 1 is 1.06 bits per heavy atom. The Morgan fingerprint density at radius 3 is 2.39 bits per heavy atom. The minimum absolute atomic E-state index is 0.0814. The van der Waals surface area contributed by atoms with Crippen LogP contribution < -0.4 is 10.2 Å². The first-order valence-corrected chi connectivity index (χ1v) is 10.4. The lowest BCUT2D eigenvalue weighted by Gasteiger charge is -2.35. The molecule has 31 heavy (non-hydrogen) atoms. The average molecular weight is 442 g/mol. The number of amides is 1. The van der Waals surface area contributed by atoms with Gasteiger partial charge < -0.3 is 10.2 Å². The van der Waals surface area contributed by atoms with Gasteiger partial charge >= 0.3 is 0 Å². The van der Waals surface area contributed by atoms with E-state index in [0.717, 1.165) is 36.9 Å². The first kappa shape index (κ1) is 20.8. The molecule has 0 aliphatic carbocycles. The third-order valence-electron chi connectivity index (χ3n) is 4.92. The van der Waals surface area contributed by atoms with Gasteiger partial charge in [0.05, 0.1) is 11.5 Å². The van der Waals surface area contributed by atoms with Crippen LogP contribution in [0.3, 0.4) is 0 Å². The highest BCUT2D eigenvalue weighted by Crippen LogP contribution is 2.22. The molecule has 4 rings (SSSR count). The summed E-state index contributed by atoms with van der Waals surface area (Å²) in [5, 5.41) is 22.6. The van der Waals surface area contributed by atoms with Crippen molar-refractivity contribution in [1.82, 2.24) is 15.1 Å². The van der Waals surface area contributed by atoms with Crippen LogP contribution in [0.1, 0.15) is 14.8 Å². The molecule has 1 fully saturated rings. The second-order valence-corrected chi connectivity index (χ2v) is 8.06. The quantitative estimate of drug-likeness (QED) is 0.462. The highest BCUT2D eigenvalue weighted by molar-refractivity contribution is 7.13. The van der Waals surface area contributed by atoms with Crippen LogP contribution in [0.2, 0.25) is 0 Å². The highest BCUT2D eigenvalue weighted by Gasteiger charge is 2.20. The van der Waals surface area contributed by atoms with Crippen molar-refractivity contribution in [2.45, 2.75) is 6.54 Å². The fourth-order valence-electron chi connectivity index (χ4n) is 3.27. The van der Waals surface area contributed by atoms with Crippen molar-refractivity contribution in [2.24, 2.45) is 0 Å². The summed E-state index contributed by atoms with van der Waals surface area (Å²) < 4.78 is 13.0. The van der Waals surface area contributed by atoms with E-state index in [9.17, 15) is 19.3 Å². The lowest BCUT2D eigenvalue weighted by atomic mass is 10.2. The summed E-state index contributed by atoms with van der Waals surface area (Å²) >= 11 is 1.23. The van der Waals surface area contributed by atoms with Gasteiger partial charge in [-0.1, -0.05) is 11.3 Å². The number of rotatable bonds is 6. The molecular formula is C20H19FN6O3S. The van der Waals surface area contributed by atoms with Gasteiger partial charge in [-0.05, 0) is 36.4 Å². The molecule has 9 nitrogen and oxygen atoms in total. The van der Waals surface area contributed by atoms with E-state index >= 15 is 0 Å². The van der Waals surface area contributed by atoms with Crippen LogP contribution in [0.15, 0.2) is 48.5 Å². The minimum atomic E-state index is -0.405. The lowest BCUT2D eigenvalue weighted by molar-refractivity contribution is -0.384. The Morgan fingerprint density at radius 2 is 1.74 bits per heavy atom. The number of nitrogens with one attached hydrogen (secondary N) is 1. The van der Waals surface area contributed by atoms with E-state index in [1.165, 1.54) is 47.7 Å². The maximum atomic E-state index is 13.0. The summed E-state index contributed by atoms with van der Waals surface area (Å²) in [6.45, 7) is 3.76. The van der Waals surface area contributed by atoms with Gasteiger partial charge in [-0.3, -0.25) is 19.8 Å². The smallest absolute Gasteiger partial charge is 0.286 e. The Balaban J connectivity index is 1.29. The van der Waals surface area contributed by atoms with Gasteiger partial charge in [0.25, 0.3) is 11.6 Å². The van der Waals surface area contributed by atoms with Crippen molar-refractivity contribution >= 4 is 34.3 Å². The first-order chi connectivity index (χ1) is 15.0. The summed E-state index contributed by atoms with van der Waals surface area (Å²) in [6.07, 6.45) is 0. The van der Waals surface area contributed by atoms with Crippen LogP contribution >= 0.6 is 11.3 Å². The molecule has 1 aromatic heterocycles. The third kappa shape index (κ3) is 5.19. The van der Waals surface area contributed by atoms with Crippen molar-refractivity contribution in [2.75, 3.05) is 36.4 Å². The van der Waals surface area contributed by atoms with Crippen molar-refractivity contribution in [3.63, 3.8) is 0 Å². The zero-order valence-corrected chi connectivity index (χ0v) is 17.2. The Kier molecular flexibility index (Phi) is 6.14. The normalized spacial score (nSPS) is 14.4. The molecule has 1 aliphatic heterocycles. The predicted octanol–water partition coefficient (Wildman–Crippen LogP) is 3.16. The molecule has 0 radical (unpaired) electrons. The number of hydrogen-bond acceptors (Lipinski definition) is 8. The molecule has 1 N–H and O–H groups in total. The number of carbonyl (C=O) groups is 1. The maximum absolute atomic E-state index is 13.0. The fourth-order valence-corrected chi connectivity index (χ4v) is 4.05. The summed E-state index contributed by atoms with van der Waals surface area (Å²) in [7, 11) is 0. The van der Waals surface area contributed by atoms with Crippen LogP contribution in [0.4, 0.5) is 21.5 Å². The number of piperazine rings is 1. The zero-order valence-electron chi connectivity index (χ0n) is 16.4. The minimum Gasteiger partial charge on any atom is -0.369 e. The summed E-state index contributed by atoms with van der Waals surface area (Å²) in [5.74, 6) is -0.747. The SMILES string of the molecule is O=C(Nc1ccc(F)cc1)c1nnc(CN2CCN(c3ccc([N+](=O)[O-])cc3)CC2)s1. The third-order valence-corrected chi connectivity index (χ3v) is 5.83. The van der Waals surface area contributed by atoms with Crippen LogP contribution in [0.5, 0.6) is 0 Å². The van der Waals surface area contributed by atoms with E-state index in [1.54, 1.807) is 12.1 Å². The number of hydrogen-bond donors (Lipinski definition) is 1. The van der Waals surface area contributed by atoms with E-state index in [0.29, 0.717) is 12.2 Å². The maximum Gasteiger partial charge on any atom is 0.286 e. The molecule has 1 aliphatic rings. The molecule has 2 heterocycles. The molecule has 2 aromatic carbocycles. The largest absolute Gasteiger partial charge is 0.369 e. The van der Waals surface area contributed by atoms with Crippen LogP contribution in [-0.4, -0.2) is 52.1 Å². The average Bonchev–Trinajstić information content (AvgIpc) is 3.25.